The largest absolute Gasteiger partial charge is 0.497 e. The Labute approximate surface area is 192 Å². The average molecular weight is 472 g/mol. The van der Waals surface area contributed by atoms with Gasteiger partial charge in [0.2, 0.25) is 10.0 Å². The van der Waals surface area contributed by atoms with Gasteiger partial charge in [0.1, 0.15) is 11.8 Å². The van der Waals surface area contributed by atoms with Crippen LogP contribution in [0.2, 0.25) is 0 Å². The van der Waals surface area contributed by atoms with E-state index in [-0.39, 0.29) is 4.90 Å². The van der Waals surface area contributed by atoms with E-state index in [9.17, 15) is 18.3 Å². The van der Waals surface area contributed by atoms with E-state index in [1.54, 1.807) is 31.4 Å². The van der Waals surface area contributed by atoms with Crippen molar-refractivity contribution in [2.24, 2.45) is 0 Å². The number of carbonyl (C=O) groups is 1. The van der Waals surface area contributed by atoms with Crippen LogP contribution in [0.3, 0.4) is 0 Å². The van der Waals surface area contributed by atoms with E-state index < -0.39 is 27.3 Å². The second kappa shape index (κ2) is 10.7. The van der Waals surface area contributed by atoms with Crippen molar-refractivity contribution in [2.75, 3.05) is 12.9 Å². The molecule has 0 fully saturated rings. The van der Waals surface area contributed by atoms with Gasteiger partial charge in [-0.05, 0) is 46.7 Å². The van der Waals surface area contributed by atoms with E-state index in [0.29, 0.717) is 5.75 Å². The first-order valence-electron chi connectivity index (χ1n) is 10.0. The number of hydrogen-bond donors (Lipinski definition) is 2. The number of aliphatic carboxylic acids is 1. The molecule has 0 bridgehead atoms. The molecule has 168 valence electrons. The molecule has 0 saturated heterocycles. The first kappa shape index (κ1) is 23.8. The van der Waals surface area contributed by atoms with E-state index >= 15 is 0 Å². The molecule has 0 unspecified atom stereocenters. The zero-order valence-corrected chi connectivity index (χ0v) is 19.4. The number of carboxylic acids is 1. The molecule has 32 heavy (non-hydrogen) atoms. The van der Waals surface area contributed by atoms with Gasteiger partial charge in [-0.2, -0.15) is 16.5 Å². The van der Waals surface area contributed by atoms with Crippen LogP contribution in [0, 0.1) is 0 Å². The molecule has 3 rings (SSSR count). The van der Waals surface area contributed by atoms with Crippen molar-refractivity contribution in [1.29, 1.82) is 0 Å². The second-order valence-electron chi connectivity index (χ2n) is 6.98. The lowest BCUT2D eigenvalue weighted by molar-refractivity contribution is -0.139. The Bertz CT molecular complexity index is 1130. The molecular weight excluding hydrogens is 446 g/mol. The summed E-state index contributed by atoms with van der Waals surface area (Å²) in [5.41, 5.74) is 2.50. The number of thioether (sulfide) groups is 1. The fourth-order valence-corrected chi connectivity index (χ4v) is 5.67. The summed E-state index contributed by atoms with van der Waals surface area (Å²) in [5.74, 6) is 0.148. The highest BCUT2D eigenvalue weighted by Gasteiger charge is 2.34. The maximum Gasteiger partial charge on any atom is 0.323 e. The molecule has 0 aliphatic rings. The molecule has 6 nitrogen and oxygen atoms in total. The van der Waals surface area contributed by atoms with Crippen LogP contribution in [0.15, 0.2) is 83.8 Å². The van der Waals surface area contributed by atoms with Crippen LogP contribution in [0.4, 0.5) is 0 Å². The maximum absolute atomic E-state index is 13.0. The summed E-state index contributed by atoms with van der Waals surface area (Å²) in [6.45, 7) is 1.91. The highest BCUT2D eigenvalue weighted by Crippen LogP contribution is 2.33. The summed E-state index contributed by atoms with van der Waals surface area (Å²) in [6.07, 6.45) is 0. The summed E-state index contributed by atoms with van der Waals surface area (Å²) in [6, 6.07) is 21.5. The van der Waals surface area contributed by atoms with E-state index in [2.05, 4.69) is 4.72 Å². The Kier molecular flexibility index (Phi) is 7.95. The lowest BCUT2D eigenvalue weighted by atomic mass is 10.1. The molecular formula is C24H25NO5S2. The van der Waals surface area contributed by atoms with Crippen LogP contribution in [0.25, 0.3) is 11.1 Å². The molecule has 0 aliphatic heterocycles. The minimum atomic E-state index is -4.05. The monoisotopic (exact) mass is 471 g/mol. The first-order valence-corrected chi connectivity index (χ1v) is 12.5. The minimum absolute atomic E-state index is 0.00863. The Hall–Kier alpha value is -2.81. The van der Waals surface area contributed by atoms with Gasteiger partial charge >= 0.3 is 5.97 Å². The lowest BCUT2D eigenvalue weighted by Crippen LogP contribution is -2.44. The molecule has 0 radical (unpaired) electrons. The quantitative estimate of drug-likeness (QED) is 0.449. The Morgan fingerprint density at radius 3 is 2.03 bits per heavy atom. The van der Waals surface area contributed by atoms with Gasteiger partial charge in [0.15, 0.2) is 0 Å². The number of ether oxygens (including phenoxy) is 1. The topological polar surface area (TPSA) is 92.7 Å². The summed E-state index contributed by atoms with van der Waals surface area (Å²) >= 11 is 1.39. The first-order chi connectivity index (χ1) is 15.4. The van der Waals surface area contributed by atoms with Crippen molar-refractivity contribution >= 4 is 27.8 Å². The zero-order chi connectivity index (χ0) is 23.1. The van der Waals surface area contributed by atoms with Crippen molar-refractivity contribution < 1.29 is 23.1 Å². The number of benzene rings is 3. The molecule has 8 heteroatoms. The van der Waals surface area contributed by atoms with Crippen molar-refractivity contribution in [3.63, 3.8) is 0 Å². The summed E-state index contributed by atoms with van der Waals surface area (Å²) in [7, 11) is -2.46. The van der Waals surface area contributed by atoms with Gasteiger partial charge in [0, 0.05) is 0 Å². The molecule has 3 aromatic rings. The van der Waals surface area contributed by atoms with Crippen molar-refractivity contribution in [1.82, 2.24) is 4.72 Å². The van der Waals surface area contributed by atoms with Crippen LogP contribution in [0.5, 0.6) is 5.75 Å². The molecule has 0 aromatic heterocycles. The van der Waals surface area contributed by atoms with Crippen molar-refractivity contribution in [3.8, 4) is 16.9 Å². The van der Waals surface area contributed by atoms with Crippen LogP contribution < -0.4 is 9.46 Å². The van der Waals surface area contributed by atoms with Crippen LogP contribution in [-0.2, 0) is 14.8 Å². The van der Waals surface area contributed by atoms with Gasteiger partial charge in [-0.3, -0.25) is 4.79 Å². The predicted octanol–water partition coefficient (Wildman–Crippen LogP) is 4.59. The third-order valence-corrected chi connectivity index (χ3v) is 7.61. The Morgan fingerprint density at radius 2 is 1.53 bits per heavy atom. The van der Waals surface area contributed by atoms with Crippen LogP contribution in [-0.4, -0.2) is 38.4 Å². The summed E-state index contributed by atoms with van der Waals surface area (Å²) < 4.78 is 33.6. The molecule has 0 heterocycles. The highest BCUT2D eigenvalue weighted by atomic mass is 32.2. The molecule has 0 aliphatic carbocycles. The van der Waals surface area contributed by atoms with Crippen LogP contribution >= 0.6 is 11.8 Å². The third kappa shape index (κ3) is 5.70. The number of sulfonamides is 1. The van der Waals surface area contributed by atoms with Crippen molar-refractivity contribution in [2.45, 2.75) is 23.1 Å². The van der Waals surface area contributed by atoms with E-state index in [1.165, 1.54) is 23.9 Å². The Morgan fingerprint density at radius 1 is 0.969 bits per heavy atom. The zero-order valence-electron chi connectivity index (χ0n) is 17.8. The van der Waals surface area contributed by atoms with E-state index in [0.717, 1.165) is 22.4 Å². The molecule has 0 saturated carbocycles. The van der Waals surface area contributed by atoms with Gasteiger partial charge in [-0.25, -0.2) is 8.42 Å². The van der Waals surface area contributed by atoms with Gasteiger partial charge in [-0.15, -0.1) is 0 Å². The second-order valence-corrected chi connectivity index (χ2v) is 10.1. The van der Waals surface area contributed by atoms with Gasteiger partial charge in [0.05, 0.1) is 17.3 Å². The molecule has 0 spiro atoms. The number of carboxylic acid groups (broad SMARTS) is 1. The fraction of sp³-hybridized carbons (Fsp3) is 0.208. The molecule has 3 aromatic carbocycles. The highest BCUT2D eigenvalue weighted by molar-refractivity contribution is 7.99. The minimum Gasteiger partial charge on any atom is -0.497 e. The number of methoxy groups -OCH3 is 1. The fourth-order valence-electron chi connectivity index (χ4n) is 3.29. The maximum atomic E-state index is 13.0. The van der Waals surface area contributed by atoms with Crippen LogP contribution in [0.1, 0.15) is 17.7 Å². The predicted molar refractivity (Wildman–Crippen MR) is 127 cm³/mol. The van der Waals surface area contributed by atoms with Gasteiger partial charge < -0.3 is 9.84 Å². The molecule has 2 atom stereocenters. The van der Waals surface area contributed by atoms with E-state index in [1.807, 2.05) is 49.4 Å². The number of nitrogens with one attached hydrogen (secondary N) is 1. The van der Waals surface area contributed by atoms with Crippen molar-refractivity contribution in [3.05, 3.63) is 84.4 Å². The van der Waals surface area contributed by atoms with Gasteiger partial charge in [-0.1, -0.05) is 61.5 Å². The average Bonchev–Trinajstić information content (AvgIpc) is 2.82. The van der Waals surface area contributed by atoms with E-state index in [4.69, 9.17) is 4.74 Å². The molecule has 2 N–H and O–H groups in total. The normalized spacial score (nSPS) is 13.3. The SMILES string of the molecule is CCS[C@@H](c1ccccc1)[C@H](NS(=O)(=O)c1ccc(-c2ccc(OC)cc2)cc1)C(=O)O. The lowest BCUT2D eigenvalue weighted by Gasteiger charge is -2.24. The number of hydrogen-bond acceptors (Lipinski definition) is 5. The summed E-state index contributed by atoms with van der Waals surface area (Å²) in [5, 5.41) is 9.26. The third-order valence-electron chi connectivity index (χ3n) is 4.91. The standard InChI is InChI=1S/C24H25NO5S2/c1-3-31-23(19-7-5-4-6-8-19)22(24(26)27)25-32(28,29)21-15-11-18(12-16-21)17-9-13-20(30-2)14-10-17/h4-16,22-23,25H,3H2,1-2H3,(H,26,27)/t22-,23-/m0/s1. The number of rotatable bonds is 10. The Balaban J connectivity index is 1.85. The van der Waals surface area contributed by atoms with Gasteiger partial charge in [0.25, 0.3) is 0 Å². The summed E-state index contributed by atoms with van der Waals surface area (Å²) in [4.78, 5) is 12.0. The smallest absolute Gasteiger partial charge is 0.323 e. The molecule has 0 amide bonds.